The van der Waals surface area contributed by atoms with Crippen LogP contribution in [0.2, 0.25) is 0 Å². The van der Waals surface area contributed by atoms with E-state index in [1.807, 2.05) is 0 Å². The quantitative estimate of drug-likeness (QED) is 0.0523. The van der Waals surface area contributed by atoms with Gasteiger partial charge in [0.2, 0.25) is 22.8 Å². The van der Waals surface area contributed by atoms with E-state index in [-0.39, 0.29) is 0 Å². The number of hydrogen-bond acceptors (Lipinski definition) is 4. The number of aromatic nitrogens is 8. The van der Waals surface area contributed by atoms with E-state index >= 15 is 0 Å². The SMILES string of the molecule is CCCCOCC[n+]1ccccc1-c1c2nc(c(-c3cccc[n+]3CCOCCCC)c3ccc([nH]3)c(-c3cccc[n+]3CCCC)c3nc(c(-c4cccc[n+]4CCCC)c4ccc1[nH]4)C=C3)C=C2. The number of aromatic amines is 2. The summed E-state index contributed by atoms with van der Waals surface area (Å²) in [6.07, 6.45) is 26.1. The zero-order valence-electron chi connectivity index (χ0n) is 41.7. The molecule has 0 atom stereocenters. The number of ether oxygens (including phenoxy) is 2. The second kappa shape index (κ2) is 23.6. The van der Waals surface area contributed by atoms with E-state index in [4.69, 9.17) is 19.4 Å². The van der Waals surface area contributed by atoms with Gasteiger partial charge in [0, 0.05) is 74.6 Å². The first-order chi connectivity index (χ1) is 34.6. The second-order valence-corrected chi connectivity index (χ2v) is 18.3. The summed E-state index contributed by atoms with van der Waals surface area (Å²) in [7, 11) is 0. The maximum Gasteiger partial charge on any atom is 0.216 e. The third-order valence-corrected chi connectivity index (χ3v) is 13.3. The molecule has 0 aliphatic carbocycles. The molecule has 8 bridgehead atoms. The minimum absolute atomic E-state index is 0.614. The number of hydrogen-bond donors (Lipinski definition) is 2. The molecule has 7 aromatic heterocycles. The van der Waals surface area contributed by atoms with Gasteiger partial charge in [-0.05, 0) is 85.7 Å². The predicted molar refractivity (Wildman–Crippen MR) is 283 cm³/mol. The lowest BCUT2D eigenvalue weighted by Gasteiger charge is -2.08. The van der Waals surface area contributed by atoms with Crippen LogP contribution in [-0.2, 0) is 35.7 Å². The lowest BCUT2D eigenvalue weighted by atomic mass is 10.1. The third-order valence-electron chi connectivity index (χ3n) is 13.3. The van der Waals surface area contributed by atoms with Crippen molar-refractivity contribution in [1.82, 2.24) is 19.9 Å². The molecule has 9 heterocycles. The van der Waals surface area contributed by atoms with Gasteiger partial charge in [-0.25, -0.2) is 9.97 Å². The largest absolute Gasteiger partial charge is 0.375 e. The van der Waals surface area contributed by atoms with Crippen LogP contribution in [0.25, 0.3) is 91.4 Å². The number of unbranched alkanes of at least 4 members (excludes halogenated alkanes) is 4. The lowest BCUT2D eigenvalue weighted by molar-refractivity contribution is -0.688. The number of aryl methyl sites for hydroxylation is 2. The highest BCUT2D eigenvalue weighted by Gasteiger charge is 2.27. The first-order valence-electron chi connectivity index (χ1n) is 25.9. The molecule has 0 fully saturated rings. The number of rotatable bonds is 22. The van der Waals surface area contributed by atoms with Gasteiger partial charge in [0.1, 0.15) is 26.3 Å². The third kappa shape index (κ3) is 10.8. The van der Waals surface area contributed by atoms with E-state index in [9.17, 15) is 0 Å². The fourth-order valence-corrected chi connectivity index (χ4v) is 9.56. The van der Waals surface area contributed by atoms with Crippen LogP contribution in [0.15, 0.2) is 122 Å². The van der Waals surface area contributed by atoms with E-state index in [0.29, 0.717) is 26.3 Å². The van der Waals surface area contributed by atoms with Crippen LogP contribution in [0.4, 0.5) is 0 Å². The first kappa shape index (κ1) is 48.2. The molecule has 0 radical (unpaired) electrons. The fourth-order valence-electron chi connectivity index (χ4n) is 9.56. The highest BCUT2D eigenvalue weighted by atomic mass is 16.5. The molecule has 0 aromatic carbocycles. The molecular weight excluding hydrogens is 865 g/mol. The molecule has 0 saturated heterocycles. The van der Waals surface area contributed by atoms with Crippen LogP contribution in [0.3, 0.4) is 0 Å². The molecule has 10 nitrogen and oxygen atoms in total. The van der Waals surface area contributed by atoms with Crippen LogP contribution in [0.5, 0.6) is 0 Å². The number of nitrogens with zero attached hydrogens (tertiary/aromatic N) is 6. The Morgan fingerprint density at radius 3 is 0.957 bits per heavy atom. The topological polar surface area (TPSA) is 91.3 Å². The van der Waals surface area contributed by atoms with Crippen LogP contribution in [0, 0.1) is 0 Å². The van der Waals surface area contributed by atoms with Crippen molar-refractivity contribution in [3.63, 3.8) is 0 Å². The molecule has 358 valence electrons. The molecule has 2 aliphatic heterocycles. The van der Waals surface area contributed by atoms with Crippen molar-refractivity contribution >= 4 is 46.4 Å². The van der Waals surface area contributed by atoms with Crippen molar-refractivity contribution in [2.75, 3.05) is 26.4 Å². The van der Waals surface area contributed by atoms with Gasteiger partial charge in [0.25, 0.3) is 0 Å². The normalized spacial score (nSPS) is 12.1. The number of H-pyrrole nitrogens is 2. The number of nitrogens with one attached hydrogen (secondary N) is 2. The van der Waals surface area contributed by atoms with Crippen molar-refractivity contribution in [3.8, 4) is 45.0 Å². The minimum atomic E-state index is 0.614. The maximum absolute atomic E-state index is 6.16. The smallest absolute Gasteiger partial charge is 0.216 e. The van der Waals surface area contributed by atoms with Gasteiger partial charge in [-0.1, -0.05) is 53.4 Å². The van der Waals surface area contributed by atoms with E-state index in [0.717, 1.165) is 168 Å². The van der Waals surface area contributed by atoms with Crippen molar-refractivity contribution in [3.05, 3.63) is 145 Å². The molecular formula is C60H70N8O2+4. The Balaban J connectivity index is 1.39. The van der Waals surface area contributed by atoms with Crippen LogP contribution in [-0.4, -0.2) is 46.4 Å². The molecule has 0 unspecified atom stereocenters. The van der Waals surface area contributed by atoms with Gasteiger partial charge in [-0.2, -0.15) is 18.3 Å². The second-order valence-electron chi connectivity index (χ2n) is 18.3. The highest BCUT2D eigenvalue weighted by Crippen LogP contribution is 2.36. The summed E-state index contributed by atoms with van der Waals surface area (Å²) in [5, 5.41) is 0. The van der Waals surface area contributed by atoms with Gasteiger partial charge in [-0.3, -0.25) is 0 Å². The van der Waals surface area contributed by atoms with Gasteiger partial charge in [0.05, 0.1) is 67.1 Å². The summed E-state index contributed by atoms with van der Waals surface area (Å²) in [6, 6.07) is 34.8. The molecule has 0 spiro atoms. The van der Waals surface area contributed by atoms with Gasteiger partial charge in [0.15, 0.2) is 37.9 Å². The van der Waals surface area contributed by atoms with E-state index in [1.165, 1.54) is 0 Å². The summed E-state index contributed by atoms with van der Waals surface area (Å²) in [5.41, 5.74) is 15.9. The predicted octanol–water partition coefficient (Wildman–Crippen LogP) is 11.7. The van der Waals surface area contributed by atoms with Gasteiger partial charge in [-0.15, -0.1) is 0 Å². The van der Waals surface area contributed by atoms with Crippen molar-refractivity contribution < 1.29 is 27.7 Å². The van der Waals surface area contributed by atoms with E-state index in [2.05, 4.69) is 202 Å². The molecule has 0 amide bonds. The standard InChI is InChI=1S/C60H69N8O2/c1-5-9-33-65-35-17-13-21-53(65)57-45-25-26-46(61-45)58(54-22-14-18-36-66(54)34-10-6-2)48-28-30-50(63-48)60(56-24-16-20-38-68(56)40-44-70-42-12-8-4)52-32-31-51(64-52)59(49-29-27-47(57)62-49)55-23-15-19-37-67(55)39-43-69-41-11-7-3/h13-32,35-38H,5-12,33-34,39-44H2,1-4H3,(H,61,62,63,64)/q+3/p+1. The van der Waals surface area contributed by atoms with E-state index in [1.54, 1.807) is 0 Å². The van der Waals surface area contributed by atoms with Crippen molar-refractivity contribution in [2.45, 2.75) is 105 Å². The molecule has 7 aromatic rings. The summed E-state index contributed by atoms with van der Waals surface area (Å²) >= 11 is 0. The maximum atomic E-state index is 6.16. The Hall–Kier alpha value is -6.88. The average molecular weight is 935 g/mol. The Bertz CT molecular complexity index is 2940. The summed E-state index contributed by atoms with van der Waals surface area (Å²) in [6.45, 7) is 14.8. The van der Waals surface area contributed by atoms with Crippen molar-refractivity contribution in [2.24, 2.45) is 0 Å². The lowest BCUT2D eigenvalue weighted by Crippen LogP contribution is -2.38. The minimum Gasteiger partial charge on any atom is -0.375 e. The summed E-state index contributed by atoms with van der Waals surface area (Å²) in [4.78, 5) is 19.3. The molecule has 10 heteroatoms. The Morgan fingerprint density at radius 2 is 0.657 bits per heavy atom. The first-order valence-corrected chi connectivity index (χ1v) is 25.9. The fraction of sp³-hybridized carbons (Fsp3) is 0.333. The monoisotopic (exact) mass is 935 g/mol. The number of pyridine rings is 4. The number of fused-ring (bicyclic) bond motifs is 8. The Kier molecular flexibility index (Phi) is 16.2. The Labute approximate surface area is 413 Å². The van der Waals surface area contributed by atoms with Crippen LogP contribution in [0.1, 0.15) is 102 Å². The zero-order chi connectivity index (χ0) is 48.1. The van der Waals surface area contributed by atoms with E-state index < -0.39 is 0 Å². The van der Waals surface area contributed by atoms with Gasteiger partial charge >= 0.3 is 0 Å². The summed E-state index contributed by atoms with van der Waals surface area (Å²) in [5.74, 6) is 0. The summed E-state index contributed by atoms with van der Waals surface area (Å²) < 4.78 is 21.7. The highest BCUT2D eigenvalue weighted by molar-refractivity contribution is 5.97. The molecule has 9 rings (SSSR count). The Morgan fingerprint density at radius 1 is 0.357 bits per heavy atom. The van der Waals surface area contributed by atoms with Gasteiger partial charge < -0.3 is 19.4 Å². The van der Waals surface area contributed by atoms with Crippen LogP contribution < -0.4 is 18.3 Å². The van der Waals surface area contributed by atoms with Crippen LogP contribution >= 0.6 is 0 Å². The molecule has 2 N–H and O–H groups in total. The molecule has 2 aliphatic rings. The zero-order valence-corrected chi connectivity index (χ0v) is 41.7. The molecule has 70 heavy (non-hydrogen) atoms. The van der Waals surface area contributed by atoms with Crippen molar-refractivity contribution in [1.29, 1.82) is 0 Å². The molecule has 0 saturated carbocycles. The average Bonchev–Trinajstić information content (AvgIpc) is 4.25.